The molecule has 0 amide bonds. The first-order valence-electron chi connectivity index (χ1n) is 6.18. The van der Waals surface area contributed by atoms with Gasteiger partial charge in [-0.3, -0.25) is 4.79 Å². The second kappa shape index (κ2) is 5.88. The molecule has 124 valence electrons. The first-order valence-corrected chi connectivity index (χ1v) is 7.59. The van der Waals surface area contributed by atoms with Crippen molar-refractivity contribution in [3.63, 3.8) is 0 Å². The molecule has 0 N–H and O–H groups in total. The van der Waals surface area contributed by atoms with Gasteiger partial charge < -0.3 is 9.29 Å². The lowest BCUT2D eigenvalue weighted by molar-refractivity contribution is -0.145. The smallest absolute Gasteiger partial charge is 0.416 e. The summed E-state index contributed by atoms with van der Waals surface area (Å²) in [6.07, 6.45) is -4.46. The van der Waals surface area contributed by atoms with Gasteiger partial charge in [0.1, 0.15) is 15.9 Å². The van der Waals surface area contributed by atoms with E-state index in [9.17, 15) is 30.9 Å². The van der Waals surface area contributed by atoms with Gasteiger partial charge in [0.2, 0.25) is 0 Å². The molecule has 9 heteroatoms. The summed E-state index contributed by atoms with van der Waals surface area (Å²) in [4.78, 5) is 10.9. The summed E-state index contributed by atoms with van der Waals surface area (Å²) in [5.74, 6) is -1.85. The van der Waals surface area contributed by atoms with Crippen LogP contribution in [0.25, 0.3) is 0 Å². The second-order valence-electron chi connectivity index (χ2n) is 5.24. The number of benzene rings is 1. The summed E-state index contributed by atoms with van der Waals surface area (Å²) < 4.78 is 76.0. The highest BCUT2D eigenvalue weighted by Gasteiger charge is 2.33. The van der Waals surface area contributed by atoms with Gasteiger partial charge in [-0.05, 0) is 38.5 Å². The van der Waals surface area contributed by atoms with Crippen LogP contribution >= 0.6 is 0 Å². The molecule has 0 fully saturated rings. The molecule has 0 spiro atoms. The van der Waals surface area contributed by atoms with Crippen LogP contribution < -0.4 is 4.74 Å². The summed E-state index contributed by atoms with van der Waals surface area (Å²) in [6.45, 7) is 4.61. The number of esters is 1. The Kier molecular flexibility index (Phi) is 4.93. The van der Waals surface area contributed by atoms with Crippen molar-refractivity contribution in [2.24, 2.45) is 5.41 Å². The number of carbonyl (C=O) groups excluding carboxylic acids is 1. The molecule has 0 aliphatic carbocycles. The van der Waals surface area contributed by atoms with E-state index in [0.29, 0.717) is 24.6 Å². The number of carbonyl (C=O) groups is 1. The number of ether oxygens (including phenoxy) is 1. The molecule has 5 nitrogen and oxygen atoms in total. The fourth-order valence-electron chi connectivity index (χ4n) is 1.35. The molecule has 0 bridgehead atoms. The molecule has 0 atom stereocenters. The Morgan fingerprint density at radius 3 is 2.23 bits per heavy atom. The number of rotatable bonds is 4. The average Bonchev–Trinajstić information content (AvgIpc) is 2.36. The Balaban J connectivity index is 3.39. The highest BCUT2D eigenvalue weighted by atomic mass is 32.2. The number of hydrogen-bond acceptors (Lipinski definition) is 5. The maximum absolute atomic E-state index is 12.7. The third-order valence-corrected chi connectivity index (χ3v) is 4.06. The maximum atomic E-state index is 12.7. The normalized spacial score (nSPS) is 13.0. The van der Waals surface area contributed by atoms with E-state index in [1.807, 2.05) is 0 Å². The van der Waals surface area contributed by atoms with Crippen LogP contribution in [0, 0.1) is 5.41 Å². The summed E-state index contributed by atoms with van der Waals surface area (Å²) >= 11 is 0. The molecular formula is C13H14F3O5S-. The standard InChI is InChI=1S/C13H15F3O5S/c1-4-12(2,3)11(17)21-9-7-8(13(14,15)16)5-6-10(9)22(18,19)20/h5-7H,4H2,1-3H3,(H,18,19,20)/p-1. The fraction of sp³-hybridized carbons (Fsp3) is 0.462. The molecule has 0 aliphatic rings. The van der Waals surface area contributed by atoms with Crippen LogP contribution in [0.4, 0.5) is 13.2 Å². The average molecular weight is 339 g/mol. The maximum Gasteiger partial charge on any atom is 0.416 e. The summed E-state index contributed by atoms with van der Waals surface area (Å²) in [5.41, 5.74) is -2.27. The van der Waals surface area contributed by atoms with Crippen molar-refractivity contribution in [1.82, 2.24) is 0 Å². The van der Waals surface area contributed by atoms with Crippen LogP contribution in [0.1, 0.15) is 32.8 Å². The Morgan fingerprint density at radius 1 is 1.27 bits per heavy atom. The Morgan fingerprint density at radius 2 is 1.82 bits per heavy atom. The second-order valence-corrected chi connectivity index (χ2v) is 6.59. The van der Waals surface area contributed by atoms with E-state index in [1.165, 1.54) is 13.8 Å². The monoisotopic (exact) mass is 339 g/mol. The zero-order valence-electron chi connectivity index (χ0n) is 12.0. The summed E-state index contributed by atoms with van der Waals surface area (Å²) in [6, 6.07) is 1.24. The first-order chi connectivity index (χ1) is 9.79. The van der Waals surface area contributed by atoms with E-state index in [0.717, 1.165) is 0 Å². The highest BCUT2D eigenvalue weighted by molar-refractivity contribution is 7.85. The Bertz CT molecular complexity index is 677. The van der Waals surface area contributed by atoms with Gasteiger partial charge in [-0.15, -0.1) is 0 Å². The molecule has 1 aromatic rings. The Hall–Kier alpha value is -1.61. The minimum Gasteiger partial charge on any atom is -0.744 e. The lowest BCUT2D eigenvalue weighted by atomic mass is 9.91. The third-order valence-electron chi connectivity index (χ3n) is 3.18. The lowest BCUT2D eigenvalue weighted by Crippen LogP contribution is -2.28. The molecule has 0 heterocycles. The molecule has 22 heavy (non-hydrogen) atoms. The number of alkyl halides is 3. The van der Waals surface area contributed by atoms with Gasteiger partial charge >= 0.3 is 12.1 Å². The van der Waals surface area contributed by atoms with Crippen molar-refractivity contribution in [3.8, 4) is 5.75 Å². The van der Waals surface area contributed by atoms with E-state index in [-0.39, 0.29) is 0 Å². The van der Waals surface area contributed by atoms with Gasteiger partial charge in [-0.1, -0.05) is 6.92 Å². The predicted molar refractivity (Wildman–Crippen MR) is 69.1 cm³/mol. The fourth-order valence-corrected chi connectivity index (χ4v) is 1.93. The van der Waals surface area contributed by atoms with Crippen LogP contribution in [-0.4, -0.2) is 18.9 Å². The molecule has 0 aromatic heterocycles. The Labute approximate surface area is 125 Å². The minimum absolute atomic E-state index is 0.310. The van der Waals surface area contributed by atoms with E-state index < -0.39 is 43.9 Å². The van der Waals surface area contributed by atoms with Crippen molar-refractivity contribution in [2.45, 2.75) is 38.3 Å². The summed E-state index contributed by atoms with van der Waals surface area (Å²) in [5, 5.41) is 0. The van der Waals surface area contributed by atoms with Gasteiger partial charge in [0.05, 0.1) is 15.9 Å². The number of hydrogen-bond donors (Lipinski definition) is 0. The van der Waals surface area contributed by atoms with Crippen LogP contribution in [-0.2, 0) is 21.1 Å². The van der Waals surface area contributed by atoms with Crippen molar-refractivity contribution in [3.05, 3.63) is 23.8 Å². The SMILES string of the molecule is CCC(C)(C)C(=O)Oc1cc(C(F)(F)F)ccc1S(=O)(=O)[O-]. The van der Waals surface area contributed by atoms with Gasteiger partial charge in [0.25, 0.3) is 0 Å². The number of halogens is 3. The topological polar surface area (TPSA) is 83.5 Å². The molecule has 1 rings (SSSR count). The molecule has 0 saturated carbocycles. The van der Waals surface area contributed by atoms with Crippen molar-refractivity contribution < 1.29 is 35.7 Å². The predicted octanol–water partition coefficient (Wildman–Crippen LogP) is 2.95. The van der Waals surface area contributed by atoms with E-state index in [1.54, 1.807) is 6.92 Å². The van der Waals surface area contributed by atoms with Crippen LogP contribution in [0.2, 0.25) is 0 Å². The van der Waals surface area contributed by atoms with Crippen molar-refractivity contribution >= 4 is 16.1 Å². The zero-order chi connectivity index (χ0) is 17.3. The van der Waals surface area contributed by atoms with Crippen molar-refractivity contribution in [2.75, 3.05) is 0 Å². The minimum atomic E-state index is -5.09. The van der Waals surface area contributed by atoms with Gasteiger partial charge in [-0.2, -0.15) is 13.2 Å². The largest absolute Gasteiger partial charge is 0.744 e. The molecule has 0 saturated heterocycles. The highest BCUT2D eigenvalue weighted by Crippen LogP contribution is 2.35. The van der Waals surface area contributed by atoms with Crippen LogP contribution in [0.15, 0.2) is 23.1 Å². The van der Waals surface area contributed by atoms with Crippen LogP contribution in [0.5, 0.6) is 5.75 Å². The van der Waals surface area contributed by atoms with E-state index >= 15 is 0 Å². The van der Waals surface area contributed by atoms with Crippen LogP contribution in [0.3, 0.4) is 0 Å². The van der Waals surface area contributed by atoms with Crippen molar-refractivity contribution in [1.29, 1.82) is 0 Å². The quantitative estimate of drug-likeness (QED) is 0.478. The van der Waals surface area contributed by atoms with Gasteiger partial charge in [0, 0.05) is 0 Å². The molecule has 0 aliphatic heterocycles. The van der Waals surface area contributed by atoms with E-state index in [2.05, 4.69) is 0 Å². The van der Waals surface area contributed by atoms with Gasteiger partial charge in [0.15, 0.2) is 0 Å². The molecule has 0 unspecified atom stereocenters. The van der Waals surface area contributed by atoms with Gasteiger partial charge in [-0.25, -0.2) is 8.42 Å². The third kappa shape index (κ3) is 4.20. The summed E-state index contributed by atoms with van der Waals surface area (Å²) in [7, 11) is -5.09. The molecule has 0 radical (unpaired) electrons. The lowest BCUT2D eigenvalue weighted by Gasteiger charge is -2.22. The molecule has 1 aromatic carbocycles. The molecular weight excluding hydrogens is 325 g/mol. The van der Waals surface area contributed by atoms with E-state index in [4.69, 9.17) is 4.74 Å². The first kappa shape index (κ1) is 18.4. The zero-order valence-corrected chi connectivity index (χ0v) is 12.8.